The van der Waals surface area contributed by atoms with Crippen LogP contribution in [0.1, 0.15) is 33.3 Å². The maximum atomic E-state index is 4.79. The second-order valence-corrected chi connectivity index (χ2v) is 9.46. The molecule has 0 amide bonds. The Kier molecular flexibility index (Phi) is 4.58. The molecule has 0 aliphatic carbocycles. The highest BCUT2D eigenvalue weighted by Crippen LogP contribution is 2.47. The Hall–Kier alpha value is -3.21. The lowest BCUT2D eigenvalue weighted by Gasteiger charge is -2.42. The van der Waals surface area contributed by atoms with Gasteiger partial charge >= 0.3 is 6.98 Å². The predicted octanol–water partition coefficient (Wildman–Crippen LogP) is 5.99. The highest BCUT2D eigenvalue weighted by atomic mass is 15.4. The smallest absolute Gasteiger partial charge is 0.395 e. The molecule has 0 N–H and O–H groups in total. The summed E-state index contributed by atoms with van der Waals surface area (Å²) in [7, 11) is 2.20. The Labute approximate surface area is 185 Å². The fourth-order valence-corrected chi connectivity index (χ4v) is 4.99. The van der Waals surface area contributed by atoms with Gasteiger partial charge in [0.15, 0.2) is 5.82 Å². The summed E-state index contributed by atoms with van der Waals surface area (Å²) in [5.74, 6) is 3.46. The van der Waals surface area contributed by atoms with Crippen LogP contribution in [-0.2, 0) is 0 Å². The maximum Gasteiger partial charge on any atom is 0.405 e. The molecule has 0 saturated carbocycles. The van der Waals surface area contributed by atoms with Gasteiger partial charge in [-0.05, 0) is 60.9 Å². The SMILES string of the molecule is C[C@@H]1N(B2C=C(C(C)(C)C)c3ccccc3N2C)c2cccnc2N1c1ccccc1. The van der Waals surface area contributed by atoms with E-state index in [-0.39, 0.29) is 18.6 Å². The fourth-order valence-electron chi connectivity index (χ4n) is 4.99. The quantitative estimate of drug-likeness (QED) is 0.486. The second kappa shape index (κ2) is 7.19. The fraction of sp³-hybridized carbons (Fsp3) is 0.269. The zero-order valence-corrected chi connectivity index (χ0v) is 18.9. The van der Waals surface area contributed by atoms with Crippen LogP contribution in [-0.4, -0.2) is 25.2 Å². The van der Waals surface area contributed by atoms with Crippen LogP contribution in [0.2, 0.25) is 0 Å². The molecule has 0 unspecified atom stereocenters. The molecule has 31 heavy (non-hydrogen) atoms. The molecule has 2 aliphatic heterocycles. The van der Waals surface area contributed by atoms with Gasteiger partial charge in [-0.15, -0.1) is 0 Å². The molecule has 0 saturated heterocycles. The van der Waals surface area contributed by atoms with Gasteiger partial charge in [-0.1, -0.05) is 63.1 Å². The number of hydrogen-bond acceptors (Lipinski definition) is 4. The van der Waals surface area contributed by atoms with Gasteiger partial charge in [0.2, 0.25) is 0 Å². The molecule has 0 spiro atoms. The number of rotatable bonds is 2. The van der Waals surface area contributed by atoms with E-state index in [0.717, 1.165) is 11.5 Å². The van der Waals surface area contributed by atoms with E-state index >= 15 is 0 Å². The minimum absolute atomic E-state index is 0.0511. The molecule has 2 aliphatic rings. The van der Waals surface area contributed by atoms with Crippen molar-refractivity contribution in [2.45, 2.75) is 33.9 Å². The van der Waals surface area contributed by atoms with Crippen molar-refractivity contribution in [1.29, 1.82) is 0 Å². The summed E-state index contributed by atoms with van der Waals surface area (Å²) < 4.78 is 0. The van der Waals surface area contributed by atoms with E-state index in [4.69, 9.17) is 4.98 Å². The highest BCUT2D eigenvalue weighted by molar-refractivity contribution is 6.74. The molecular weight excluding hydrogens is 379 g/mol. The van der Waals surface area contributed by atoms with Crippen molar-refractivity contribution in [2.24, 2.45) is 5.41 Å². The Bertz CT molecular complexity index is 1140. The molecule has 4 nitrogen and oxygen atoms in total. The number of benzene rings is 2. The number of aromatic nitrogens is 1. The summed E-state index contributed by atoms with van der Waals surface area (Å²) >= 11 is 0. The predicted molar refractivity (Wildman–Crippen MR) is 133 cm³/mol. The van der Waals surface area contributed by atoms with Crippen LogP contribution in [0.3, 0.4) is 0 Å². The number of fused-ring (bicyclic) bond motifs is 2. The third kappa shape index (κ3) is 3.11. The lowest BCUT2D eigenvalue weighted by atomic mass is 9.62. The van der Waals surface area contributed by atoms with Gasteiger partial charge in [0, 0.05) is 17.6 Å². The molecule has 1 aromatic heterocycles. The molecule has 0 bridgehead atoms. The van der Waals surface area contributed by atoms with E-state index < -0.39 is 0 Å². The van der Waals surface area contributed by atoms with Crippen molar-refractivity contribution in [1.82, 2.24) is 4.98 Å². The van der Waals surface area contributed by atoms with Crippen molar-refractivity contribution in [3.63, 3.8) is 0 Å². The molecule has 5 heteroatoms. The van der Waals surface area contributed by atoms with Gasteiger partial charge in [-0.2, -0.15) is 0 Å². The summed E-state index contributed by atoms with van der Waals surface area (Å²) in [4.78, 5) is 12.0. The zero-order chi connectivity index (χ0) is 21.8. The molecule has 0 fully saturated rings. The minimum atomic E-state index is 0.0511. The third-order valence-corrected chi connectivity index (χ3v) is 6.46. The van der Waals surface area contributed by atoms with Gasteiger partial charge in [0.25, 0.3) is 0 Å². The second-order valence-electron chi connectivity index (χ2n) is 9.46. The van der Waals surface area contributed by atoms with E-state index in [9.17, 15) is 0 Å². The van der Waals surface area contributed by atoms with E-state index in [1.807, 2.05) is 12.3 Å². The topological polar surface area (TPSA) is 22.6 Å². The molecule has 1 atom stereocenters. The first kappa shape index (κ1) is 19.7. The number of para-hydroxylation sites is 2. The van der Waals surface area contributed by atoms with E-state index in [0.29, 0.717) is 0 Å². The van der Waals surface area contributed by atoms with Crippen molar-refractivity contribution >= 4 is 35.4 Å². The maximum absolute atomic E-state index is 4.79. The Morgan fingerprint density at radius 3 is 2.29 bits per heavy atom. The largest absolute Gasteiger partial charge is 0.405 e. The molecule has 0 radical (unpaired) electrons. The van der Waals surface area contributed by atoms with Crippen LogP contribution in [0.15, 0.2) is 78.9 Å². The molecule has 3 heterocycles. The Balaban J connectivity index is 1.66. The summed E-state index contributed by atoms with van der Waals surface area (Å²) in [5, 5.41) is 0. The summed E-state index contributed by atoms with van der Waals surface area (Å²) in [5.41, 5.74) is 6.37. The van der Waals surface area contributed by atoms with Gasteiger partial charge in [-0.25, -0.2) is 4.98 Å². The van der Waals surface area contributed by atoms with Crippen LogP contribution in [0.25, 0.3) is 5.57 Å². The average Bonchev–Trinajstić information content (AvgIpc) is 3.06. The standard InChI is InChI=1S/C26H29BN4/c1-19-30(20-12-7-6-8-13-20)25-24(16-11-17-28-25)31(19)27-18-22(26(2,3)4)21-14-9-10-15-23(21)29(27)5/h6-19H,1-5H3/t19-/m0/s1. The van der Waals surface area contributed by atoms with Gasteiger partial charge < -0.3 is 14.5 Å². The normalized spacial score (nSPS) is 18.1. The van der Waals surface area contributed by atoms with Crippen molar-refractivity contribution in [3.05, 3.63) is 84.5 Å². The molecule has 2 aromatic carbocycles. The first-order valence-electron chi connectivity index (χ1n) is 11.0. The lowest BCUT2D eigenvalue weighted by Crippen LogP contribution is -2.57. The first-order chi connectivity index (χ1) is 14.9. The van der Waals surface area contributed by atoms with Crippen LogP contribution in [0.5, 0.6) is 0 Å². The minimum Gasteiger partial charge on any atom is -0.395 e. The van der Waals surface area contributed by atoms with Crippen LogP contribution < -0.4 is 14.5 Å². The zero-order valence-electron chi connectivity index (χ0n) is 18.9. The summed E-state index contributed by atoms with van der Waals surface area (Å²) in [6.07, 6.45) is 2.02. The van der Waals surface area contributed by atoms with Crippen molar-refractivity contribution in [3.8, 4) is 0 Å². The van der Waals surface area contributed by atoms with E-state index in [2.05, 4.69) is 116 Å². The number of allylic oxidation sites excluding steroid dienone is 1. The van der Waals surface area contributed by atoms with Crippen molar-refractivity contribution < 1.29 is 0 Å². The molecule has 156 valence electrons. The number of nitrogens with zero attached hydrogens (tertiary/aromatic N) is 4. The number of hydrogen-bond donors (Lipinski definition) is 0. The third-order valence-electron chi connectivity index (χ3n) is 6.46. The first-order valence-corrected chi connectivity index (χ1v) is 11.0. The van der Waals surface area contributed by atoms with Crippen molar-refractivity contribution in [2.75, 3.05) is 21.6 Å². The van der Waals surface area contributed by atoms with E-state index in [1.165, 1.54) is 22.5 Å². The Morgan fingerprint density at radius 1 is 0.871 bits per heavy atom. The van der Waals surface area contributed by atoms with Gasteiger partial charge in [0.05, 0.1) is 11.9 Å². The van der Waals surface area contributed by atoms with E-state index in [1.54, 1.807) is 0 Å². The average molecular weight is 408 g/mol. The van der Waals surface area contributed by atoms with Gasteiger partial charge in [0.1, 0.15) is 0 Å². The number of pyridine rings is 1. The molecule has 5 rings (SSSR count). The number of anilines is 4. The molecular formula is C26H29BN4. The molecule has 3 aromatic rings. The summed E-state index contributed by atoms with van der Waals surface area (Å²) in [6, 6.07) is 23.6. The van der Waals surface area contributed by atoms with Crippen LogP contribution in [0, 0.1) is 5.41 Å². The van der Waals surface area contributed by atoms with Crippen LogP contribution >= 0.6 is 0 Å². The van der Waals surface area contributed by atoms with Crippen LogP contribution in [0.4, 0.5) is 22.9 Å². The Morgan fingerprint density at radius 2 is 1.55 bits per heavy atom. The monoisotopic (exact) mass is 408 g/mol. The lowest BCUT2D eigenvalue weighted by molar-refractivity contribution is 0.566. The van der Waals surface area contributed by atoms with Gasteiger partial charge in [-0.3, -0.25) is 0 Å². The highest BCUT2D eigenvalue weighted by Gasteiger charge is 2.44. The summed E-state index contributed by atoms with van der Waals surface area (Å²) in [6.45, 7) is 9.27.